The molecule has 0 aromatic heterocycles. The van der Waals surface area contributed by atoms with Crippen LogP contribution >= 0.6 is 11.8 Å². The Balaban J connectivity index is 3.17. The SMILES string of the molecule is NC(=O)CCSCCC(F)(F)F. The van der Waals surface area contributed by atoms with E-state index in [0.717, 1.165) is 11.8 Å². The second kappa shape index (κ2) is 5.29. The zero-order valence-corrected chi connectivity index (χ0v) is 7.17. The van der Waals surface area contributed by atoms with Crippen LogP contribution in [0.1, 0.15) is 12.8 Å². The van der Waals surface area contributed by atoms with Crippen molar-refractivity contribution in [2.75, 3.05) is 11.5 Å². The number of alkyl halides is 3. The number of thioether (sulfide) groups is 1. The van der Waals surface area contributed by atoms with E-state index < -0.39 is 18.5 Å². The average Bonchev–Trinajstić information content (AvgIpc) is 1.83. The molecule has 72 valence electrons. The van der Waals surface area contributed by atoms with Crippen molar-refractivity contribution < 1.29 is 18.0 Å². The Kier molecular flexibility index (Phi) is 5.12. The van der Waals surface area contributed by atoms with Crippen molar-refractivity contribution in [3.05, 3.63) is 0 Å². The van der Waals surface area contributed by atoms with Crippen molar-refractivity contribution in [3.8, 4) is 0 Å². The predicted octanol–water partition coefficient (Wildman–Crippen LogP) is 1.55. The Labute approximate surface area is 72.7 Å². The summed E-state index contributed by atoms with van der Waals surface area (Å²) in [5, 5.41) is 0. The van der Waals surface area contributed by atoms with Crippen LogP contribution in [-0.2, 0) is 4.79 Å². The molecule has 0 bridgehead atoms. The van der Waals surface area contributed by atoms with Gasteiger partial charge in [0.2, 0.25) is 5.91 Å². The lowest BCUT2D eigenvalue weighted by molar-refractivity contribution is -0.129. The lowest BCUT2D eigenvalue weighted by Gasteiger charge is -2.04. The van der Waals surface area contributed by atoms with Crippen LogP contribution in [-0.4, -0.2) is 23.6 Å². The van der Waals surface area contributed by atoms with Crippen molar-refractivity contribution >= 4 is 17.7 Å². The van der Waals surface area contributed by atoms with Gasteiger partial charge in [-0.25, -0.2) is 0 Å². The average molecular weight is 201 g/mol. The molecule has 12 heavy (non-hydrogen) atoms. The van der Waals surface area contributed by atoms with Gasteiger partial charge in [-0.2, -0.15) is 24.9 Å². The van der Waals surface area contributed by atoms with Gasteiger partial charge in [-0.05, 0) is 0 Å². The number of primary amides is 1. The number of carbonyl (C=O) groups is 1. The van der Waals surface area contributed by atoms with Gasteiger partial charge < -0.3 is 5.73 Å². The lowest BCUT2D eigenvalue weighted by Crippen LogP contribution is -2.12. The van der Waals surface area contributed by atoms with E-state index in [4.69, 9.17) is 5.73 Å². The van der Waals surface area contributed by atoms with Gasteiger partial charge in [0.15, 0.2) is 0 Å². The minimum Gasteiger partial charge on any atom is -0.370 e. The van der Waals surface area contributed by atoms with Crippen LogP contribution in [0, 0.1) is 0 Å². The maximum atomic E-state index is 11.5. The van der Waals surface area contributed by atoms with Gasteiger partial charge in [-0.15, -0.1) is 0 Å². The fourth-order valence-corrected chi connectivity index (χ4v) is 1.39. The number of nitrogens with two attached hydrogens (primary N) is 1. The van der Waals surface area contributed by atoms with E-state index >= 15 is 0 Å². The summed E-state index contributed by atoms with van der Waals surface area (Å²) in [4.78, 5) is 10.1. The molecule has 2 nitrogen and oxygen atoms in total. The van der Waals surface area contributed by atoms with Crippen LogP contribution in [0.5, 0.6) is 0 Å². The fraction of sp³-hybridized carbons (Fsp3) is 0.833. The summed E-state index contributed by atoms with van der Waals surface area (Å²) in [6.07, 6.45) is -4.77. The van der Waals surface area contributed by atoms with Crippen molar-refractivity contribution in [2.24, 2.45) is 5.73 Å². The third-order valence-electron chi connectivity index (χ3n) is 1.02. The molecule has 0 aromatic rings. The van der Waals surface area contributed by atoms with Gasteiger partial charge in [0.1, 0.15) is 0 Å². The summed E-state index contributed by atoms with van der Waals surface area (Å²) < 4.78 is 34.6. The molecule has 0 saturated carbocycles. The molecule has 0 heterocycles. The molecule has 0 aliphatic heterocycles. The minimum absolute atomic E-state index is 0.00319. The van der Waals surface area contributed by atoms with E-state index in [9.17, 15) is 18.0 Å². The molecule has 2 N–H and O–H groups in total. The lowest BCUT2D eigenvalue weighted by atomic mass is 10.5. The molecule has 0 unspecified atom stereocenters. The molecule has 0 aromatic carbocycles. The van der Waals surface area contributed by atoms with Crippen LogP contribution in [0.4, 0.5) is 13.2 Å². The highest BCUT2D eigenvalue weighted by molar-refractivity contribution is 7.99. The third-order valence-corrected chi connectivity index (χ3v) is 2.01. The van der Waals surface area contributed by atoms with E-state index in [2.05, 4.69) is 0 Å². The Bertz CT molecular complexity index is 148. The predicted molar refractivity (Wildman–Crippen MR) is 41.8 cm³/mol. The summed E-state index contributed by atoms with van der Waals surface area (Å²) in [6, 6.07) is 0. The third kappa shape index (κ3) is 9.61. The van der Waals surface area contributed by atoms with E-state index in [1.54, 1.807) is 0 Å². The van der Waals surface area contributed by atoms with Crippen molar-refractivity contribution in [1.29, 1.82) is 0 Å². The highest BCUT2D eigenvalue weighted by Crippen LogP contribution is 2.21. The summed E-state index contributed by atoms with van der Waals surface area (Å²) in [6.45, 7) is 0. The van der Waals surface area contributed by atoms with E-state index in [-0.39, 0.29) is 12.2 Å². The van der Waals surface area contributed by atoms with Crippen molar-refractivity contribution in [3.63, 3.8) is 0 Å². The summed E-state index contributed by atoms with van der Waals surface area (Å²) in [7, 11) is 0. The monoisotopic (exact) mass is 201 g/mol. The Morgan fingerprint density at radius 3 is 2.33 bits per heavy atom. The molecule has 0 rings (SSSR count). The number of carbonyl (C=O) groups excluding carboxylic acids is 1. The van der Waals surface area contributed by atoms with E-state index in [1.165, 1.54) is 0 Å². The Morgan fingerprint density at radius 2 is 1.92 bits per heavy atom. The number of hydrogen-bond donors (Lipinski definition) is 1. The standard InChI is InChI=1S/C6H10F3NOS/c7-6(8,9)2-4-12-3-1-5(10)11/h1-4H2,(H2,10,11). The molecule has 0 aliphatic rings. The number of halogens is 3. The van der Waals surface area contributed by atoms with Gasteiger partial charge in [0.05, 0.1) is 6.42 Å². The highest BCUT2D eigenvalue weighted by Gasteiger charge is 2.25. The normalized spacial score (nSPS) is 11.6. The van der Waals surface area contributed by atoms with Gasteiger partial charge in [0, 0.05) is 17.9 Å². The van der Waals surface area contributed by atoms with Gasteiger partial charge in [-0.1, -0.05) is 0 Å². The van der Waals surface area contributed by atoms with Crippen LogP contribution in [0.2, 0.25) is 0 Å². The number of rotatable bonds is 5. The zero-order valence-electron chi connectivity index (χ0n) is 6.36. The molecule has 0 saturated heterocycles. The quantitative estimate of drug-likeness (QED) is 0.686. The molecule has 0 fully saturated rings. The fourth-order valence-electron chi connectivity index (χ4n) is 0.463. The summed E-state index contributed by atoms with van der Waals surface area (Å²) >= 11 is 1.09. The molecule has 6 heteroatoms. The first-order chi connectivity index (χ1) is 5.42. The van der Waals surface area contributed by atoms with Crippen LogP contribution in [0.3, 0.4) is 0 Å². The summed E-state index contributed by atoms with van der Waals surface area (Å²) in [5.41, 5.74) is 4.79. The molecule has 0 atom stereocenters. The van der Waals surface area contributed by atoms with E-state index in [0.29, 0.717) is 5.75 Å². The highest BCUT2D eigenvalue weighted by atomic mass is 32.2. The largest absolute Gasteiger partial charge is 0.389 e. The van der Waals surface area contributed by atoms with Gasteiger partial charge >= 0.3 is 6.18 Å². The zero-order chi connectivity index (χ0) is 9.61. The molecule has 1 amide bonds. The minimum atomic E-state index is -4.10. The molecule has 0 radical (unpaired) electrons. The molecule has 0 spiro atoms. The topological polar surface area (TPSA) is 43.1 Å². The van der Waals surface area contributed by atoms with Crippen molar-refractivity contribution in [2.45, 2.75) is 19.0 Å². The maximum Gasteiger partial charge on any atom is 0.389 e. The Morgan fingerprint density at radius 1 is 1.33 bits per heavy atom. The second-order valence-electron chi connectivity index (χ2n) is 2.19. The number of hydrogen-bond acceptors (Lipinski definition) is 2. The first-order valence-electron chi connectivity index (χ1n) is 3.34. The van der Waals surface area contributed by atoms with Gasteiger partial charge in [0.25, 0.3) is 0 Å². The van der Waals surface area contributed by atoms with E-state index in [1.807, 2.05) is 0 Å². The number of amides is 1. The second-order valence-corrected chi connectivity index (χ2v) is 3.42. The van der Waals surface area contributed by atoms with Crippen LogP contribution < -0.4 is 5.73 Å². The Hall–Kier alpha value is -0.390. The molecule has 0 aliphatic carbocycles. The molecular weight excluding hydrogens is 191 g/mol. The van der Waals surface area contributed by atoms with Gasteiger partial charge in [-0.3, -0.25) is 4.79 Å². The first kappa shape index (κ1) is 11.6. The maximum absolute atomic E-state index is 11.5. The molecular formula is C6H10F3NOS. The van der Waals surface area contributed by atoms with Crippen LogP contribution in [0.15, 0.2) is 0 Å². The first-order valence-corrected chi connectivity index (χ1v) is 4.50. The summed E-state index contributed by atoms with van der Waals surface area (Å²) in [5.74, 6) is -0.114. The smallest absolute Gasteiger partial charge is 0.370 e. The van der Waals surface area contributed by atoms with Crippen molar-refractivity contribution in [1.82, 2.24) is 0 Å². The van der Waals surface area contributed by atoms with Crippen LogP contribution in [0.25, 0.3) is 0 Å².